The van der Waals surface area contributed by atoms with Crippen LogP contribution in [0.3, 0.4) is 0 Å². The summed E-state index contributed by atoms with van der Waals surface area (Å²) in [7, 11) is 0. The number of halogens is 1. The molecule has 0 aliphatic carbocycles. The first kappa shape index (κ1) is 20.8. The van der Waals surface area contributed by atoms with E-state index in [0.29, 0.717) is 10.8 Å². The van der Waals surface area contributed by atoms with Gasteiger partial charge in [0.25, 0.3) is 0 Å². The maximum Gasteiger partial charge on any atom is 0.165 e. The molecule has 3 heterocycles. The summed E-state index contributed by atoms with van der Waals surface area (Å²) in [5, 5.41) is 11.2. The summed E-state index contributed by atoms with van der Waals surface area (Å²) in [6, 6.07) is 16.1. The van der Waals surface area contributed by atoms with Crippen molar-refractivity contribution in [3.8, 4) is 11.4 Å². The summed E-state index contributed by atoms with van der Waals surface area (Å²) in [6.45, 7) is 8.74. The first-order chi connectivity index (χ1) is 15.6. The minimum atomic E-state index is 0.637. The first-order valence-corrected chi connectivity index (χ1v) is 11.4. The number of hydrogen-bond acceptors (Lipinski definition) is 6. The van der Waals surface area contributed by atoms with Crippen LogP contribution in [0.5, 0.6) is 0 Å². The predicted molar refractivity (Wildman–Crippen MR) is 133 cm³/mol. The van der Waals surface area contributed by atoms with Crippen LogP contribution >= 0.6 is 11.6 Å². The van der Waals surface area contributed by atoms with Crippen molar-refractivity contribution < 1.29 is 0 Å². The maximum absolute atomic E-state index is 6.53. The number of nitrogens with zero attached hydrogens (tertiary/aromatic N) is 3. The molecule has 0 saturated carbocycles. The molecular weight excluding hydrogens is 420 g/mol. The van der Waals surface area contributed by atoms with Crippen LogP contribution in [0, 0.1) is 6.92 Å². The summed E-state index contributed by atoms with van der Waals surface area (Å²) in [5.41, 5.74) is 6.49. The van der Waals surface area contributed by atoms with Gasteiger partial charge in [0.2, 0.25) is 0 Å². The number of para-hydroxylation sites is 1. The van der Waals surface area contributed by atoms with Crippen molar-refractivity contribution in [2.75, 3.05) is 48.3 Å². The summed E-state index contributed by atoms with van der Waals surface area (Å²) in [6.07, 6.45) is 0. The smallest absolute Gasteiger partial charge is 0.165 e. The molecule has 0 radical (unpaired) electrons. The highest BCUT2D eigenvalue weighted by molar-refractivity contribution is 6.33. The predicted octanol–water partition coefficient (Wildman–Crippen LogP) is 4.78. The molecule has 0 spiro atoms. The van der Waals surface area contributed by atoms with Crippen molar-refractivity contribution in [3.05, 3.63) is 70.3 Å². The molecule has 0 atom stereocenters. The molecule has 6 nitrogen and oxygen atoms in total. The zero-order valence-electron chi connectivity index (χ0n) is 18.4. The Morgan fingerprint density at radius 1 is 0.938 bits per heavy atom. The number of anilines is 3. The Balaban J connectivity index is 1.63. The van der Waals surface area contributed by atoms with Crippen molar-refractivity contribution in [2.24, 2.45) is 0 Å². The Labute approximate surface area is 193 Å². The number of fused-ring (bicyclic) bond motifs is 1. The van der Waals surface area contributed by atoms with Crippen molar-refractivity contribution >= 4 is 34.6 Å². The van der Waals surface area contributed by atoms with Crippen molar-refractivity contribution in [1.82, 2.24) is 15.3 Å². The lowest BCUT2D eigenvalue weighted by atomic mass is 10.0. The van der Waals surface area contributed by atoms with Crippen molar-refractivity contribution in [3.63, 3.8) is 0 Å². The number of benzene rings is 2. The van der Waals surface area contributed by atoms with Crippen LogP contribution in [-0.2, 0) is 0 Å². The van der Waals surface area contributed by atoms with E-state index in [1.54, 1.807) is 0 Å². The lowest BCUT2D eigenvalue weighted by Crippen LogP contribution is -2.44. The minimum absolute atomic E-state index is 0.637. The third-order valence-electron chi connectivity index (χ3n) is 6.06. The molecule has 3 N–H and O–H groups in total. The van der Waals surface area contributed by atoms with Gasteiger partial charge in [0.15, 0.2) is 5.82 Å². The fourth-order valence-corrected chi connectivity index (χ4v) is 4.49. The minimum Gasteiger partial charge on any atom is -0.381 e. The molecule has 3 aromatic rings. The van der Waals surface area contributed by atoms with E-state index in [0.717, 1.165) is 72.4 Å². The standard InChI is InChI=1S/C25H27ClN6/c1-16-15-28-21-10-6-4-8-19(21)22(16)29-23-17(2)25(32-13-11-27-12-14-32)31-24(30-23)18-7-3-5-9-20(18)26/h3-10,27-28H,11-15H2,1-2H3,(H,29,30,31). The van der Waals surface area contributed by atoms with Crippen molar-refractivity contribution in [2.45, 2.75) is 13.8 Å². The number of piperazine rings is 1. The van der Waals surface area contributed by atoms with Gasteiger partial charge in [-0.3, -0.25) is 0 Å². The summed E-state index contributed by atoms with van der Waals surface area (Å²) in [4.78, 5) is 12.3. The molecule has 164 valence electrons. The van der Waals surface area contributed by atoms with Crippen LogP contribution in [0.1, 0.15) is 18.1 Å². The van der Waals surface area contributed by atoms with Gasteiger partial charge in [-0.15, -0.1) is 0 Å². The molecule has 0 amide bonds. The second kappa shape index (κ2) is 8.81. The second-order valence-corrected chi connectivity index (χ2v) is 8.65. The van der Waals surface area contributed by atoms with Gasteiger partial charge in [0.05, 0.1) is 5.02 Å². The average molecular weight is 447 g/mol. The van der Waals surface area contributed by atoms with E-state index < -0.39 is 0 Å². The van der Waals surface area contributed by atoms with E-state index in [-0.39, 0.29) is 0 Å². The number of rotatable bonds is 4. The second-order valence-electron chi connectivity index (χ2n) is 8.24. The monoisotopic (exact) mass is 446 g/mol. The first-order valence-electron chi connectivity index (χ1n) is 11.0. The Kier molecular flexibility index (Phi) is 5.72. The highest BCUT2D eigenvalue weighted by Gasteiger charge is 2.22. The van der Waals surface area contributed by atoms with E-state index in [2.05, 4.69) is 59.0 Å². The molecule has 32 heavy (non-hydrogen) atoms. The average Bonchev–Trinajstić information content (AvgIpc) is 2.83. The molecule has 2 aromatic carbocycles. The molecule has 7 heteroatoms. The van der Waals surface area contributed by atoms with Gasteiger partial charge < -0.3 is 20.9 Å². The third kappa shape index (κ3) is 3.92. The fraction of sp³-hybridized carbons (Fsp3) is 0.280. The Morgan fingerprint density at radius 2 is 1.66 bits per heavy atom. The van der Waals surface area contributed by atoms with E-state index in [9.17, 15) is 0 Å². The fourth-order valence-electron chi connectivity index (χ4n) is 4.27. The molecule has 1 fully saturated rings. The Morgan fingerprint density at radius 3 is 2.44 bits per heavy atom. The Bertz CT molecular complexity index is 1180. The molecule has 2 aliphatic heterocycles. The van der Waals surface area contributed by atoms with E-state index >= 15 is 0 Å². The van der Waals surface area contributed by atoms with Gasteiger partial charge in [-0.1, -0.05) is 41.9 Å². The highest BCUT2D eigenvalue weighted by atomic mass is 35.5. The highest BCUT2D eigenvalue weighted by Crippen LogP contribution is 2.35. The van der Waals surface area contributed by atoms with E-state index in [4.69, 9.17) is 21.6 Å². The topological polar surface area (TPSA) is 65.1 Å². The van der Waals surface area contributed by atoms with Crippen LogP contribution in [0.4, 0.5) is 17.3 Å². The summed E-state index contributed by atoms with van der Waals surface area (Å²) in [5.74, 6) is 2.41. The zero-order valence-corrected chi connectivity index (χ0v) is 19.1. The molecule has 5 rings (SSSR count). The Hall–Kier alpha value is -3.09. The molecule has 1 aromatic heterocycles. The molecule has 0 bridgehead atoms. The van der Waals surface area contributed by atoms with E-state index in [1.165, 1.54) is 5.57 Å². The van der Waals surface area contributed by atoms with Crippen LogP contribution in [0.2, 0.25) is 5.02 Å². The van der Waals surface area contributed by atoms with Crippen LogP contribution in [0.15, 0.2) is 54.1 Å². The van der Waals surface area contributed by atoms with Gasteiger partial charge in [0, 0.05) is 60.8 Å². The largest absolute Gasteiger partial charge is 0.381 e. The number of aromatic nitrogens is 2. The maximum atomic E-state index is 6.53. The molecule has 0 unspecified atom stereocenters. The van der Waals surface area contributed by atoms with Gasteiger partial charge in [-0.2, -0.15) is 0 Å². The van der Waals surface area contributed by atoms with Crippen LogP contribution in [-0.4, -0.2) is 42.7 Å². The summed E-state index contributed by atoms with van der Waals surface area (Å²) < 4.78 is 0. The molecular formula is C25H27ClN6. The quantitative estimate of drug-likeness (QED) is 0.535. The lowest BCUT2D eigenvalue weighted by Gasteiger charge is -2.31. The number of nitrogens with one attached hydrogen (secondary N) is 3. The summed E-state index contributed by atoms with van der Waals surface area (Å²) >= 11 is 6.53. The van der Waals surface area contributed by atoms with Gasteiger partial charge in [-0.25, -0.2) is 9.97 Å². The zero-order chi connectivity index (χ0) is 22.1. The van der Waals surface area contributed by atoms with Crippen LogP contribution < -0.4 is 20.9 Å². The molecule has 2 aliphatic rings. The normalized spacial score (nSPS) is 15.9. The lowest BCUT2D eigenvalue weighted by molar-refractivity contribution is 0.584. The van der Waals surface area contributed by atoms with Gasteiger partial charge in [0.1, 0.15) is 11.6 Å². The SMILES string of the molecule is CC1=C(Nc2nc(-c3ccccc3Cl)nc(N3CCNCC3)c2C)c2ccccc2NC1. The molecule has 1 saturated heterocycles. The third-order valence-corrected chi connectivity index (χ3v) is 6.39. The van der Waals surface area contributed by atoms with Crippen molar-refractivity contribution in [1.29, 1.82) is 0 Å². The van der Waals surface area contributed by atoms with Gasteiger partial charge >= 0.3 is 0 Å². The van der Waals surface area contributed by atoms with Gasteiger partial charge in [-0.05, 0) is 37.6 Å². The van der Waals surface area contributed by atoms with E-state index in [1.807, 2.05) is 24.3 Å². The number of hydrogen-bond donors (Lipinski definition) is 3. The van der Waals surface area contributed by atoms with Crippen LogP contribution in [0.25, 0.3) is 17.1 Å².